The molecule has 0 radical (unpaired) electrons. The summed E-state index contributed by atoms with van der Waals surface area (Å²) in [5, 5.41) is 8.94. The normalized spacial score (nSPS) is 18.4. The third-order valence-electron chi connectivity index (χ3n) is 3.23. The summed E-state index contributed by atoms with van der Waals surface area (Å²) in [7, 11) is 0. The summed E-state index contributed by atoms with van der Waals surface area (Å²) < 4.78 is 0. The van der Waals surface area contributed by atoms with Gasteiger partial charge in [-0.15, -0.1) is 0 Å². The predicted molar refractivity (Wildman–Crippen MR) is 75.1 cm³/mol. The maximum Gasteiger partial charge on any atom is 0.251 e. The van der Waals surface area contributed by atoms with Crippen molar-refractivity contribution >= 4 is 11.8 Å². The van der Waals surface area contributed by atoms with Gasteiger partial charge in [0.1, 0.15) is 0 Å². The van der Waals surface area contributed by atoms with E-state index in [0.717, 1.165) is 25.9 Å². The number of piperidine rings is 1. The fourth-order valence-electron chi connectivity index (χ4n) is 2.17. The Kier molecular flexibility index (Phi) is 5.06. The first-order valence-electron chi connectivity index (χ1n) is 6.86. The van der Waals surface area contributed by atoms with E-state index < -0.39 is 0 Å². The molecule has 1 aromatic rings. The maximum absolute atomic E-state index is 12.1. The van der Waals surface area contributed by atoms with Gasteiger partial charge in [0.2, 0.25) is 5.91 Å². The van der Waals surface area contributed by atoms with Crippen molar-refractivity contribution in [2.45, 2.75) is 32.4 Å². The molecule has 0 saturated carbocycles. The van der Waals surface area contributed by atoms with Gasteiger partial charge in [0.25, 0.3) is 5.91 Å². The van der Waals surface area contributed by atoms with E-state index in [2.05, 4.69) is 20.9 Å². The van der Waals surface area contributed by atoms with E-state index in [-0.39, 0.29) is 17.9 Å². The molecule has 0 spiro atoms. The lowest BCUT2D eigenvalue weighted by Crippen LogP contribution is -2.45. The Morgan fingerprint density at radius 2 is 2.35 bits per heavy atom. The SMILES string of the molecule is CC(=O)NCc1cc(C(=O)NC2CCCNC2)ccn1. The number of amides is 2. The molecule has 0 aliphatic carbocycles. The van der Waals surface area contributed by atoms with E-state index in [9.17, 15) is 9.59 Å². The first-order valence-corrected chi connectivity index (χ1v) is 6.86. The fraction of sp³-hybridized carbons (Fsp3) is 0.500. The molecule has 3 N–H and O–H groups in total. The fourth-order valence-corrected chi connectivity index (χ4v) is 2.17. The maximum atomic E-state index is 12.1. The van der Waals surface area contributed by atoms with E-state index in [1.807, 2.05) is 0 Å². The zero-order valence-electron chi connectivity index (χ0n) is 11.6. The molecule has 2 rings (SSSR count). The van der Waals surface area contributed by atoms with Crippen LogP contribution in [0.1, 0.15) is 35.8 Å². The highest BCUT2D eigenvalue weighted by Gasteiger charge is 2.16. The highest BCUT2D eigenvalue weighted by Crippen LogP contribution is 2.06. The number of hydrogen-bond acceptors (Lipinski definition) is 4. The van der Waals surface area contributed by atoms with Crippen molar-refractivity contribution in [1.82, 2.24) is 20.9 Å². The van der Waals surface area contributed by atoms with Crippen LogP contribution in [0, 0.1) is 0 Å². The molecule has 20 heavy (non-hydrogen) atoms. The molecule has 108 valence electrons. The molecule has 1 unspecified atom stereocenters. The van der Waals surface area contributed by atoms with E-state index in [1.165, 1.54) is 6.92 Å². The Bertz CT molecular complexity index is 484. The van der Waals surface area contributed by atoms with Crippen molar-refractivity contribution in [1.29, 1.82) is 0 Å². The number of aromatic nitrogens is 1. The van der Waals surface area contributed by atoms with Crippen LogP contribution in [0.25, 0.3) is 0 Å². The second-order valence-corrected chi connectivity index (χ2v) is 4.96. The monoisotopic (exact) mass is 276 g/mol. The van der Waals surface area contributed by atoms with Gasteiger partial charge in [0.05, 0.1) is 12.2 Å². The van der Waals surface area contributed by atoms with Gasteiger partial charge >= 0.3 is 0 Å². The molecule has 6 heteroatoms. The van der Waals surface area contributed by atoms with Gasteiger partial charge < -0.3 is 16.0 Å². The minimum absolute atomic E-state index is 0.0924. The van der Waals surface area contributed by atoms with Gasteiger partial charge in [-0.3, -0.25) is 14.6 Å². The lowest BCUT2D eigenvalue weighted by atomic mass is 10.1. The van der Waals surface area contributed by atoms with Crippen LogP contribution in [-0.2, 0) is 11.3 Å². The van der Waals surface area contributed by atoms with Gasteiger partial charge in [0.15, 0.2) is 0 Å². The zero-order chi connectivity index (χ0) is 14.4. The van der Waals surface area contributed by atoms with E-state index in [0.29, 0.717) is 17.8 Å². The number of rotatable bonds is 4. The molecule has 6 nitrogen and oxygen atoms in total. The highest BCUT2D eigenvalue weighted by atomic mass is 16.2. The van der Waals surface area contributed by atoms with Crippen LogP contribution in [0.15, 0.2) is 18.3 Å². The molecule has 0 bridgehead atoms. The minimum Gasteiger partial charge on any atom is -0.351 e. The van der Waals surface area contributed by atoms with Crippen molar-refractivity contribution < 1.29 is 9.59 Å². The quantitative estimate of drug-likeness (QED) is 0.733. The topological polar surface area (TPSA) is 83.1 Å². The zero-order valence-corrected chi connectivity index (χ0v) is 11.6. The number of pyridine rings is 1. The van der Waals surface area contributed by atoms with Gasteiger partial charge in [-0.05, 0) is 31.5 Å². The summed E-state index contributed by atoms with van der Waals surface area (Å²) in [6.07, 6.45) is 3.67. The standard InChI is InChI=1S/C14H20N4O2/c1-10(19)17-9-13-7-11(4-6-16-13)14(20)18-12-3-2-5-15-8-12/h4,6-7,12,15H,2-3,5,8-9H2,1H3,(H,17,19)(H,18,20). The number of hydrogen-bond donors (Lipinski definition) is 3. The lowest BCUT2D eigenvalue weighted by molar-refractivity contribution is -0.119. The number of nitrogens with one attached hydrogen (secondary N) is 3. The van der Waals surface area contributed by atoms with Crippen LogP contribution in [0.4, 0.5) is 0 Å². The average Bonchev–Trinajstić information content (AvgIpc) is 2.46. The summed E-state index contributed by atoms with van der Waals surface area (Å²) in [5.74, 6) is -0.208. The van der Waals surface area contributed by atoms with E-state index in [1.54, 1.807) is 18.3 Å². The third-order valence-corrected chi connectivity index (χ3v) is 3.23. The molecular weight excluding hydrogens is 256 g/mol. The van der Waals surface area contributed by atoms with Crippen molar-refractivity contribution in [2.75, 3.05) is 13.1 Å². The molecule has 0 aromatic carbocycles. The van der Waals surface area contributed by atoms with Crippen LogP contribution in [0.3, 0.4) is 0 Å². The van der Waals surface area contributed by atoms with Crippen molar-refractivity contribution in [3.63, 3.8) is 0 Å². The van der Waals surface area contributed by atoms with Gasteiger partial charge in [0, 0.05) is 31.3 Å². The van der Waals surface area contributed by atoms with Crippen LogP contribution in [-0.4, -0.2) is 35.9 Å². The van der Waals surface area contributed by atoms with Crippen molar-refractivity contribution in [3.05, 3.63) is 29.6 Å². The Morgan fingerprint density at radius 1 is 1.50 bits per heavy atom. The summed E-state index contributed by atoms with van der Waals surface area (Å²) in [4.78, 5) is 27.2. The molecular formula is C14H20N4O2. The smallest absolute Gasteiger partial charge is 0.251 e. The van der Waals surface area contributed by atoms with Crippen LogP contribution >= 0.6 is 0 Å². The van der Waals surface area contributed by atoms with Crippen LogP contribution in [0.2, 0.25) is 0 Å². The molecule has 1 aliphatic heterocycles. The summed E-state index contributed by atoms with van der Waals surface area (Å²) >= 11 is 0. The Balaban J connectivity index is 1.94. The van der Waals surface area contributed by atoms with Crippen LogP contribution in [0.5, 0.6) is 0 Å². The van der Waals surface area contributed by atoms with Gasteiger partial charge in [-0.2, -0.15) is 0 Å². The highest BCUT2D eigenvalue weighted by molar-refractivity contribution is 5.94. The van der Waals surface area contributed by atoms with Crippen molar-refractivity contribution in [2.24, 2.45) is 0 Å². The number of carbonyl (C=O) groups excluding carboxylic acids is 2. The first-order chi connectivity index (χ1) is 9.65. The van der Waals surface area contributed by atoms with Crippen LogP contribution < -0.4 is 16.0 Å². The Hall–Kier alpha value is -1.95. The predicted octanol–water partition coefficient (Wildman–Crippen LogP) is 0.200. The second kappa shape index (κ2) is 7.00. The molecule has 2 amide bonds. The summed E-state index contributed by atoms with van der Waals surface area (Å²) in [6.45, 7) is 3.62. The molecule has 2 heterocycles. The summed E-state index contributed by atoms with van der Waals surface area (Å²) in [6, 6.07) is 3.58. The Labute approximate surface area is 118 Å². The molecule has 1 aromatic heterocycles. The number of carbonyl (C=O) groups is 2. The largest absolute Gasteiger partial charge is 0.351 e. The van der Waals surface area contributed by atoms with Gasteiger partial charge in [-0.1, -0.05) is 0 Å². The molecule has 1 fully saturated rings. The van der Waals surface area contributed by atoms with E-state index >= 15 is 0 Å². The lowest BCUT2D eigenvalue weighted by Gasteiger charge is -2.23. The molecule has 1 atom stereocenters. The van der Waals surface area contributed by atoms with E-state index in [4.69, 9.17) is 0 Å². The molecule has 1 saturated heterocycles. The van der Waals surface area contributed by atoms with Crippen molar-refractivity contribution in [3.8, 4) is 0 Å². The minimum atomic E-state index is -0.116. The van der Waals surface area contributed by atoms with Gasteiger partial charge in [-0.25, -0.2) is 0 Å². The number of nitrogens with zero attached hydrogens (tertiary/aromatic N) is 1. The molecule has 1 aliphatic rings. The average molecular weight is 276 g/mol. The third kappa shape index (κ3) is 4.31. The Morgan fingerprint density at radius 3 is 3.05 bits per heavy atom. The summed E-state index contributed by atoms with van der Waals surface area (Å²) in [5.41, 5.74) is 1.25. The first kappa shape index (κ1) is 14.5. The second-order valence-electron chi connectivity index (χ2n) is 4.96.